The fourth-order valence-corrected chi connectivity index (χ4v) is 1.85. The van der Waals surface area contributed by atoms with Gasteiger partial charge in [-0.2, -0.15) is 18.2 Å². The van der Waals surface area contributed by atoms with Gasteiger partial charge in [-0.15, -0.1) is 0 Å². The lowest BCUT2D eigenvalue weighted by molar-refractivity contribution is -0.141. The van der Waals surface area contributed by atoms with E-state index in [0.717, 1.165) is 6.07 Å². The van der Waals surface area contributed by atoms with E-state index in [4.69, 9.17) is 5.11 Å². The molecule has 2 rings (SSSR count). The zero-order valence-corrected chi connectivity index (χ0v) is 12.7. The highest BCUT2D eigenvalue weighted by Crippen LogP contribution is 2.29. The number of aromatic nitrogens is 2. The third-order valence-electron chi connectivity index (χ3n) is 3.03. The van der Waals surface area contributed by atoms with Crippen LogP contribution in [0.5, 0.6) is 0 Å². The van der Waals surface area contributed by atoms with E-state index in [1.807, 2.05) is 0 Å². The summed E-state index contributed by atoms with van der Waals surface area (Å²) in [5, 5.41) is 14.3. The van der Waals surface area contributed by atoms with E-state index in [1.54, 1.807) is 13.0 Å². The number of anilines is 2. The molecule has 0 amide bonds. The zero-order chi connectivity index (χ0) is 17.7. The Kier molecular flexibility index (Phi) is 5.55. The van der Waals surface area contributed by atoms with Gasteiger partial charge >= 0.3 is 6.18 Å². The summed E-state index contributed by atoms with van der Waals surface area (Å²) in [6.07, 6.45) is -4.64. The number of nitrogens with zero attached hydrogens (tertiary/aromatic N) is 2. The predicted octanol–water partition coefficient (Wildman–Crippen LogP) is 3.04. The Balaban J connectivity index is 2.22. The molecule has 3 N–H and O–H groups in total. The number of alkyl halides is 3. The van der Waals surface area contributed by atoms with Crippen molar-refractivity contribution in [3.63, 3.8) is 0 Å². The standard InChI is InChI=1S/C15H16F4N4O/c1-9(8-24)21-14-22-12(15(17,18)19)6-13(23-14)20-7-10-3-2-4-11(16)5-10/h2-6,9,24H,7-8H2,1H3,(H2,20,21,22,23)/t9-/m1/s1. The van der Waals surface area contributed by atoms with Crippen LogP contribution in [-0.2, 0) is 12.7 Å². The minimum atomic E-state index is -4.64. The molecule has 0 bridgehead atoms. The van der Waals surface area contributed by atoms with Gasteiger partial charge in [0.1, 0.15) is 11.6 Å². The Morgan fingerprint density at radius 3 is 2.58 bits per heavy atom. The number of aliphatic hydroxyl groups is 1. The Labute approximate surface area is 135 Å². The van der Waals surface area contributed by atoms with E-state index in [2.05, 4.69) is 20.6 Å². The quantitative estimate of drug-likeness (QED) is 0.703. The smallest absolute Gasteiger partial charge is 0.394 e. The van der Waals surface area contributed by atoms with Crippen molar-refractivity contribution in [3.05, 3.63) is 47.4 Å². The molecule has 9 heteroatoms. The maximum atomic E-state index is 13.1. The largest absolute Gasteiger partial charge is 0.433 e. The van der Waals surface area contributed by atoms with E-state index in [1.165, 1.54) is 18.2 Å². The van der Waals surface area contributed by atoms with Gasteiger partial charge in [0.25, 0.3) is 0 Å². The van der Waals surface area contributed by atoms with E-state index in [9.17, 15) is 17.6 Å². The van der Waals surface area contributed by atoms with E-state index in [0.29, 0.717) is 5.56 Å². The second-order valence-electron chi connectivity index (χ2n) is 5.17. The minimum absolute atomic E-state index is 0.0609. The van der Waals surface area contributed by atoms with Crippen LogP contribution in [0.1, 0.15) is 18.2 Å². The molecule has 1 aromatic carbocycles. The number of aliphatic hydroxyl groups excluding tert-OH is 1. The van der Waals surface area contributed by atoms with Crippen molar-refractivity contribution in [1.82, 2.24) is 9.97 Å². The second kappa shape index (κ2) is 7.43. The maximum absolute atomic E-state index is 13.1. The van der Waals surface area contributed by atoms with Crippen LogP contribution in [0, 0.1) is 5.82 Å². The average Bonchev–Trinajstić information content (AvgIpc) is 2.52. The summed E-state index contributed by atoms with van der Waals surface area (Å²) in [4.78, 5) is 7.34. The van der Waals surface area contributed by atoms with Gasteiger partial charge < -0.3 is 15.7 Å². The van der Waals surface area contributed by atoms with Crippen LogP contribution in [0.15, 0.2) is 30.3 Å². The molecular formula is C15H16F4N4O. The zero-order valence-electron chi connectivity index (χ0n) is 12.7. The van der Waals surface area contributed by atoms with Crippen LogP contribution in [0.2, 0.25) is 0 Å². The second-order valence-corrected chi connectivity index (χ2v) is 5.17. The molecule has 1 heterocycles. The first-order valence-corrected chi connectivity index (χ1v) is 7.10. The molecule has 0 unspecified atom stereocenters. The molecule has 0 fully saturated rings. The topological polar surface area (TPSA) is 70.1 Å². The lowest BCUT2D eigenvalue weighted by Gasteiger charge is -2.15. The first kappa shape index (κ1) is 17.9. The summed E-state index contributed by atoms with van der Waals surface area (Å²) >= 11 is 0. The maximum Gasteiger partial charge on any atom is 0.433 e. The molecule has 2 aromatic rings. The summed E-state index contributed by atoms with van der Waals surface area (Å²) < 4.78 is 51.9. The van der Waals surface area contributed by atoms with Crippen molar-refractivity contribution in [3.8, 4) is 0 Å². The fraction of sp³-hybridized carbons (Fsp3) is 0.333. The molecule has 130 valence electrons. The Bertz CT molecular complexity index is 693. The van der Waals surface area contributed by atoms with Crippen molar-refractivity contribution >= 4 is 11.8 Å². The van der Waals surface area contributed by atoms with Gasteiger partial charge in [0.2, 0.25) is 5.95 Å². The fourth-order valence-electron chi connectivity index (χ4n) is 1.85. The Hall–Kier alpha value is -2.42. The van der Waals surface area contributed by atoms with E-state index >= 15 is 0 Å². The van der Waals surface area contributed by atoms with Crippen LogP contribution in [-0.4, -0.2) is 27.7 Å². The van der Waals surface area contributed by atoms with Gasteiger partial charge in [-0.05, 0) is 24.6 Å². The molecule has 1 atom stereocenters. The highest BCUT2D eigenvalue weighted by atomic mass is 19.4. The average molecular weight is 344 g/mol. The van der Waals surface area contributed by atoms with Crippen molar-refractivity contribution in [1.29, 1.82) is 0 Å². The van der Waals surface area contributed by atoms with Crippen molar-refractivity contribution in [2.24, 2.45) is 0 Å². The third kappa shape index (κ3) is 5.05. The highest BCUT2D eigenvalue weighted by Gasteiger charge is 2.33. The molecule has 24 heavy (non-hydrogen) atoms. The number of rotatable bonds is 6. The number of halogens is 4. The molecule has 0 radical (unpaired) electrons. The first-order chi connectivity index (χ1) is 11.3. The number of hydrogen-bond donors (Lipinski definition) is 3. The monoisotopic (exact) mass is 344 g/mol. The van der Waals surface area contributed by atoms with E-state index < -0.39 is 23.7 Å². The molecule has 0 aliphatic heterocycles. The predicted molar refractivity (Wildman–Crippen MR) is 80.9 cm³/mol. The molecule has 0 saturated carbocycles. The van der Waals surface area contributed by atoms with Crippen molar-refractivity contribution in [2.75, 3.05) is 17.2 Å². The minimum Gasteiger partial charge on any atom is -0.394 e. The van der Waals surface area contributed by atoms with Crippen LogP contribution in [0.4, 0.5) is 29.3 Å². The SMILES string of the molecule is C[C@H](CO)Nc1nc(NCc2cccc(F)c2)cc(C(F)(F)F)n1. The van der Waals surface area contributed by atoms with Gasteiger partial charge in [0.05, 0.1) is 6.61 Å². The normalized spacial score (nSPS) is 12.8. The summed E-state index contributed by atoms with van der Waals surface area (Å²) in [5.74, 6) is -0.755. The van der Waals surface area contributed by atoms with Crippen LogP contribution < -0.4 is 10.6 Å². The van der Waals surface area contributed by atoms with Gasteiger partial charge in [0.15, 0.2) is 5.69 Å². The third-order valence-corrected chi connectivity index (χ3v) is 3.03. The summed E-state index contributed by atoms with van der Waals surface area (Å²) in [6, 6.07) is 5.94. The lowest BCUT2D eigenvalue weighted by atomic mass is 10.2. The van der Waals surface area contributed by atoms with Gasteiger partial charge in [-0.3, -0.25) is 0 Å². The molecule has 0 aliphatic carbocycles. The van der Waals surface area contributed by atoms with Gasteiger partial charge in [0, 0.05) is 18.7 Å². The molecule has 0 aliphatic rings. The van der Waals surface area contributed by atoms with Gasteiger partial charge in [-0.1, -0.05) is 12.1 Å². The molecule has 0 spiro atoms. The number of hydrogen-bond acceptors (Lipinski definition) is 5. The first-order valence-electron chi connectivity index (χ1n) is 7.10. The lowest BCUT2D eigenvalue weighted by Crippen LogP contribution is -2.22. The molecule has 1 aromatic heterocycles. The summed E-state index contributed by atoms with van der Waals surface area (Å²) in [7, 11) is 0. The molecular weight excluding hydrogens is 328 g/mol. The Morgan fingerprint density at radius 2 is 1.96 bits per heavy atom. The Morgan fingerprint density at radius 1 is 1.21 bits per heavy atom. The summed E-state index contributed by atoms with van der Waals surface area (Å²) in [6.45, 7) is 1.39. The molecule has 0 saturated heterocycles. The molecule has 5 nitrogen and oxygen atoms in total. The van der Waals surface area contributed by atoms with Crippen molar-refractivity contribution < 1.29 is 22.7 Å². The van der Waals surface area contributed by atoms with Crippen LogP contribution >= 0.6 is 0 Å². The van der Waals surface area contributed by atoms with Crippen LogP contribution in [0.3, 0.4) is 0 Å². The van der Waals surface area contributed by atoms with Gasteiger partial charge in [-0.25, -0.2) is 9.37 Å². The highest BCUT2D eigenvalue weighted by molar-refractivity contribution is 5.44. The number of nitrogens with one attached hydrogen (secondary N) is 2. The van der Waals surface area contributed by atoms with Crippen molar-refractivity contribution in [2.45, 2.75) is 25.7 Å². The number of benzene rings is 1. The summed E-state index contributed by atoms with van der Waals surface area (Å²) in [5.41, 5.74) is -0.563. The van der Waals surface area contributed by atoms with Crippen LogP contribution in [0.25, 0.3) is 0 Å². The van der Waals surface area contributed by atoms with E-state index in [-0.39, 0.29) is 24.9 Å².